The Hall–Kier alpha value is -2.65. The molecule has 3 aromatic carbocycles. The van der Waals surface area contributed by atoms with Gasteiger partial charge < -0.3 is 10.5 Å². The van der Waals surface area contributed by atoms with Crippen LogP contribution in [0.25, 0.3) is 21.9 Å². The fourth-order valence-corrected chi connectivity index (χ4v) is 2.77. The fraction of sp³-hybridized carbons (Fsp3) is 0.150. The van der Waals surface area contributed by atoms with Crippen molar-refractivity contribution >= 4 is 16.7 Å². The first-order chi connectivity index (χ1) is 11.2. The molecule has 0 radical (unpaired) electrons. The number of methoxy groups -OCH3 is 1. The number of rotatable bonds is 4. The van der Waals surface area contributed by atoms with Crippen LogP contribution in [-0.4, -0.2) is 13.1 Å². The average molecular weight is 305 g/mol. The largest absolute Gasteiger partial charge is 0.469 e. The average Bonchev–Trinajstić information content (AvgIpc) is 2.61. The van der Waals surface area contributed by atoms with Gasteiger partial charge in [0.2, 0.25) is 0 Å². The normalized spacial score (nSPS) is 12.1. The Labute approximate surface area is 135 Å². The van der Waals surface area contributed by atoms with Crippen LogP contribution in [0.2, 0.25) is 0 Å². The zero-order chi connectivity index (χ0) is 16.2. The number of carbonyl (C=O) groups excluding carboxylic acids is 1. The molecule has 0 saturated heterocycles. The summed E-state index contributed by atoms with van der Waals surface area (Å²) in [7, 11) is 1.37. The van der Waals surface area contributed by atoms with Gasteiger partial charge in [0, 0.05) is 6.04 Å². The lowest BCUT2D eigenvalue weighted by atomic mass is 9.96. The maximum atomic E-state index is 11.3. The minimum Gasteiger partial charge on any atom is -0.469 e. The van der Waals surface area contributed by atoms with Crippen LogP contribution < -0.4 is 5.73 Å². The molecule has 0 spiro atoms. The van der Waals surface area contributed by atoms with E-state index in [1.807, 2.05) is 36.4 Å². The Kier molecular flexibility index (Phi) is 4.40. The molecule has 2 N–H and O–H groups in total. The van der Waals surface area contributed by atoms with Gasteiger partial charge in [-0.2, -0.15) is 0 Å². The Bertz CT molecular complexity index is 819. The van der Waals surface area contributed by atoms with Crippen LogP contribution in [0.5, 0.6) is 0 Å². The minimum absolute atomic E-state index is 0.185. The van der Waals surface area contributed by atoms with Gasteiger partial charge in [-0.1, -0.05) is 66.7 Å². The van der Waals surface area contributed by atoms with E-state index in [1.54, 1.807) is 0 Å². The molecule has 0 heterocycles. The number of hydrogen-bond acceptors (Lipinski definition) is 3. The number of benzene rings is 3. The quantitative estimate of drug-likeness (QED) is 0.739. The smallest absolute Gasteiger partial charge is 0.307 e. The molecule has 1 atom stereocenters. The number of ether oxygens (including phenoxy) is 1. The van der Waals surface area contributed by atoms with Gasteiger partial charge in [0.1, 0.15) is 0 Å². The van der Waals surface area contributed by atoms with Gasteiger partial charge in [-0.3, -0.25) is 4.79 Å². The van der Waals surface area contributed by atoms with Gasteiger partial charge in [-0.15, -0.1) is 0 Å². The first-order valence-corrected chi connectivity index (χ1v) is 7.59. The maximum absolute atomic E-state index is 11.3. The predicted octanol–water partition coefficient (Wildman–Crippen LogP) is 4.07. The van der Waals surface area contributed by atoms with Crippen LogP contribution in [0.15, 0.2) is 66.7 Å². The number of fused-ring (bicyclic) bond motifs is 1. The highest BCUT2D eigenvalue weighted by molar-refractivity contribution is 5.96. The summed E-state index contributed by atoms with van der Waals surface area (Å²) in [5.74, 6) is -0.296. The predicted molar refractivity (Wildman–Crippen MR) is 92.9 cm³/mol. The van der Waals surface area contributed by atoms with Gasteiger partial charge >= 0.3 is 5.97 Å². The molecule has 3 rings (SSSR count). The first kappa shape index (κ1) is 15.3. The van der Waals surface area contributed by atoms with Crippen molar-refractivity contribution in [3.63, 3.8) is 0 Å². The highest BCUT2D eigenvalue weighted by Crippen LogP contribution is 2.29. The number of nitrogens with two attached hydrogens (primary N) is 1. The van der Waals surface area contributed by atoms with E-state index in [-0.39, 0.29) is 18.4 Å². The maximum Gasteiger partial charge on any atom is 0.307 e. The van der Waals surface area contributed by atoms with Crippen LogP contribution in [-0.2, 0) is 9.53 Å². The summed E-state index contributed by atoms with van der Waals surface area (Å²) in [6.07, 6.45) is 0.185. The van der Waals surface area contributed by atoms with Crippen molar-refractivity contribution in [3.05, 3.63) is 72.3 Å². The van der Waals surface area contributed by atoms with E-state index in [0.29, 0.717) is 0 Å². The van der Waals surface area contributed by atoms with Crippen LogP contribution in [0.3, 0.4) is 0 Å². The molecule has 3 aromatic rings. The summed E-state index contributed by atoms with van der Waals surface area (Å²) in [6, 6.07) is 22.3. The lowest BCUT2D eigenvalue weighted by molar-refractivity contribution is -0.141. The molecule has 23 heavy (non-hydrogen) atoms. The number of carbonyl (C=O) groups is 1. The van der Waals surface area contributed by atoms with Gasteiger partial charge in [-0.25, -0.2) is 0 Å². The molecule has 0 aromatic heterocycles. The second-order valence-corrected chi connectivity index (χ2v) is 5.54. The fourth-order valence-electron chi connectivity index (χ4n) is 2.77. The molecule has 3 nitrogen and oxygen atoms in total. The second-order valence-electron chi connectivity index (χ2n) is 5.54. The summed E-state index contributed by atoms with van der Waals surface area (Å²) < 4.78 is 4.66. The highest BCUT2D eigenvalue weighted by Gasteiger charge is 2.12. The van der Waals surface area contributed by atoms with Gasteiger partial charge in [0.05, 0.1) is 13.5 Å². The Morgan fingerprint density at radius 1 is 1.00 bits per heavy atom. The third-order valence-electron chi connectivity index (χ3n) is 4.05. The Balaban J connectivity index is 1.91. The van der Waals surface area contributed by atoms with Crippen LogP contribution in [0, 0.1) is 0 Å². The molecule has 0 amide bonds. The summed E-state index contributed by atoms with van der Waals surface area (Å²) >= 11 is 0. The van der Waals surface area contributed by atoms with Gasteiger partial charge in [-0.05, 0) is 27.5 Å². The number of hydrogen-bond donors (Lipinski definition) is 1. The SMILES string of the molecule is COC(=O)CC(N)c1ccc(-c2cccc3ccccc23)cc1. The molecule has 0 bridgehead atoms. The van der Waals surface area contributed by atoms with Crippen molar-refractivity contribution in [2.75, 3.05) is 7.11 Å². The number of esters is 1. The second kappa shape index (κ2) is 6.63. The van der Waals surface area contributed by atoms with E-state index in [2.05, 4.69) is 35.1 Å². The third-order valence-corrected chi connectivity index (χ3v) is 4.05. The van der Waals surface area contributed by atoms with Crippen molar-refractivity contribution < 1.29 is 9.53 Å². The molecular weight excluding hydrogens is 286 g/mol. The molecule has 116 valence electrons. The summed E-state index contributed by atoms with van der Waals surface area (Å²) in [5.41, 5.74) is 9.31. The van der Waals surface area contributed by atoms with E-state index in [1.165, 1.54) is 23.4 Å². The van der Waals surface area contributed by atoms with E-state index in [4.69, 9.17) is 5.73 Å². The molecule has 0 saturated carbocycles. The third kappa shape index (κ3) is 3.25. The summed E-state index contributed by atoms with van der Waals surface area (Å²) in [6.45, 7) is 0. The van der Waals surface area contributed by atoms with Crippen molar-refractivity contribution in [2.24, 2.45) is 5.73 Å². The lowest BCUT2D eigenvalue weighted by Gasteiger charge is -2.12. The van der Waals surface area contributed by atoms with Gasteiger partial charge in [0.25, 0.3) is 0 Å². The zero-order valence-corrected chi connectivity index (χ0v) is 13.0. The van der Waals surface area contributed by atoms with E-state index < -0.39 is 0 Å². The Morgan fingerprint density at radius 3 is 2.43 bits per heavy atom. The summed E-state index contributed by atoms with van der Waals surface area (Å²) in [5, 5.41) is 2.44. The van der Waals surface area contributed by atoms with Crippen LogP contribution >= 0.6 is 0 Å². The highest BCUT2D eigenvalue weighted by atomic mass is 16.5. The van der Waals surface area contributed by atoms with Crippen molar-refractivity contribution in [3.8, 4) is 11.1 Å². The molecule has 0 aliphatic rings. The molecule has 0 aliphatic heterocycles. The standard InChI is InChI=1S/C20H19NO2/c1-23-20(22)13-19(21)16-11-9-15(10-12-16)18-8-4-6-14-5-2-3-7-17(14)18/h2-12,19H,13,21H2,1H3. The molecule has 3 heteroatoms. The zero-order valence-electron chi connectivity index (χ0n) is 13.0. The molecule has 0 aliphatic carbocycles. The first-order valence-electron chi connectivity index (χ1n) is 7.59. The minimum atomic E-state index is -0.344. The Morgan fingerprint density at radius 2 is 1.70 bits per heavy atom. The monoisotopic (exact) mass is 305 g/mol. The van der Waals surface area contributed by atoms with E-state index in [0.717, 1.165) is 11.1 Å². The molecule has 0 fully saturated rings. The van der Waals surface area contributed by atoms with Crippen LogP contribution in [0.1, 0.15) is 18.0 Å². The van der Waals surface area contributed by atoms with Crippen LogP contribution in [0.4, 0.5) is 0 Å². The van der Waals surface area contributed by atoms with Crippen molar-refractivity contribution in [1.82, 2.24) is 0 Å². The molecular formula is C20H19NO2. The van der Waals surface area contributed by atoms with E-state index >= 15 is 0 Å². The van der Waals surface area contributed by atoms with Crippen molar-refractivity contribution in [2.45, 2.75) is 12.5 Å². The van der Waals surface area contributed by atoms with Crippen molar-refractivity contribution in [1.29, 1.82) is 0 Å². The lowest BCUT2D eigenvalue weighted by Crippen LogP contribution is -2.16. The summed E-state index contributed by atoms with van der Waals surface area (Å²) in [4.78, 5) is 11.3. The molecule has 1 unspecified atom stereocenters. The van der Waals surface area contributed by atoms with E-state index in [9.17, 15) is 4.79 Å². The van der Waals surface area contributed by atoms with Gasteiger partial charge in [0.15, 0.2) is 0 Å². The topological polar surface area (TPSA) is 52.3 Å².